The van der Waals surface area contributed by atoms with Crippen LogP contribution in [0.1, 0.15) is 180 Å². The van der Waals surface area contributed by atoms with Gasteiger partial charge in [-0.2, -0.15) is 0 Å². The lowest BCUT2D eigenvalue weighted by Gasteiger charge is -2.72. The number of likely N-dealkylation sites (tertiary alicyclic amines) is 1. The fourth-order valence-electron chi connectivity index (χ4n) is 13.8. The predicted octanol–water partition coefficient (Wildman–Crippen LogP) is 11.4. The highest BCUT2D eigenvalue weighted by molar-refractivity contribution is 7.91. The molecule has 5 aliphatic carbocycles. The van der Waals surface area contributed by atoms with Gasteiger partial charge >= 0.3 is 11.9 Å². The number of carboxylic acids is 1. The van der Waals surface area contributed by atoms with E-state index in [-0.39, 0.29) is 56.7 Å². The molecule has 1 aliphatic heterocycles. The number of allylic oxidation sites excluding steroid dienone is 2. The number of aliphatic hydroxyl groups is 1. The molecular formula is C51H92N2O7S. The van der Waals surface area contributed by atoms with Crippen molar-refractivity contribution in [1.29, 1.82) is 0 Å². The lowest BCUT2D eigenvalue weighted by molar-refractivity contribution is -0.246. The molecule has 0 aromatic rings. The molecule has 10 heteroatoms. The van der Waals surface area contributed by atoms with E-state index < -0.39 is 21.2 Å². The third-order valence-corrected chi connectivity index (χ3v) is 19.3. The van der Waals surface area contributed by atoms with Gasteiger partial charge in [0.25, 0.3) is 0 Å². The molecule has 354 valence electrons. The zero-order chi connectivity index (χ0) is 46.6. The van der Waals surface area contributed by atoms with Crippen LogP contribution in [0.2, 0.25) is 0 Å². The van der Waals surface area contributed by atoms with Crippen molar-refractivity contribution < 1.29 is 33.0 Å². The van der Waals surface area contributed by atoms with Crippen LogP contribution >= 0.6 is 0 Å². The minimum Gasteiger partial charge on any atom is -0.512 e. The number of rotatable bonds is 9. The molecule has 5 saturated carbocycles. The number of fused-ring (bicyclic) bond motifs is 7. The standard InChI is InChI=1S/C40H68N2O6S.C6H12O.C3H6.C2H6/c1-35(2,26-33(43)44)34(45)48-32-14-18-37(5)30(36(32,3)4)13-19-39(7)31(37)12-11-28-29-10-9-17-40(29,21-20-38(28,39)6)41-22-25-42-23-15-27(16-24-42)49(8,46)47;1-5(7)6(2,3)4;1-3-2;1-2/h27-32,41H,9-26H2,1-8H3,(H,43,44);7H,1H2,2-4H3;3H,1H2,2H3;1-2H3/t28?,29-,30?,31?,32?,37?,38-,39?,40?;;;/m1.../s1. The Morgan fingerprint density at radius 3 is 1.92 bits per heavy atom. The number of carboxylic acid groups (broad SMARTS) is 1. The molecule has 7 unspecified atom stereocenters. The molecule has 6 fully saturated rings. The molecule has 0 radical (unpaired) electrons. The van der Waals surface area contributed by atoms with E-state index in [9.17, 15) is 23.1 Å². The summed E-state index contributed by atoms with van der Waals surface area (Å²) in [4.78, 5) is 27.2. The lowest BCUT2D eigenvalue weighted by atomic mass is 9.33. The Bertz CT molecular complexity index is 1630. The number of carbonyl (C=O) groups is 2. The van der Waals surface area contributed by atoms with E-state index in [1.54, 1.807) is 19.9 Å². The van der Waals surface area contributed by atoms with E-state index in [0.717, 1.165) is 70.1 Å². The number of aliphatic hydroxyl groups excluding tert-OH is 1. The molecule has 1 heterocycles. The lowest BCUT2D eigenvalue weighted by Crippen LogP contribution is -2.68. The van der Waals surface area contributed by atoms with Crippen molar-refractivity contribution >= 4 is 21.8 Å². The topological polar surface area (TPSA) is 133 Å². The van der Waals surface area contributed by atoms with Gasteiger partial charge in [0.15, 0.2) is 0 Å². The molecule has 9 atom stereocenters. The van der Waals surface area contributed by atoms with Gasteiger partial charge in [-0.1, -0.05) is 88.3 Å². The number of piperidine rings is 1. The summed E-state index contributed by atoms with van der Waals surface area (Å²) >= 11 is 0. The molecule has 61 heavy (non-hydrogen) atoms. The van der Waals surface area contributed by atoms with Crippen molar-refractivity contribution in [2.75, 3.05) is 32.4 Å². The number of esters is 1. The normalized spacial score (nSPS) is 35.9. The van der Waals surface area contributed by atoms with Crippen LogP contribution in [-0.4, -0.2) is 84.8 Å². The third-order valence-electron chi connectivity index (χ3n) is 17.6. The molecule has 0 aromatic heterocycles. The monoisotopic (exact) mass is 877 g/mol. The Morgan fingerprint density at radius 1 is 0.820 bits per heavy atom. The van der Waals surface area contributed by atoms with Crippen LogP contribution < -0.4 is 5.32 Å². The summed E-state index contributed by atoms with van der Waals surface area (Å²) in [5.41, 5.74) is -0.314. The number of ether oxygens (including phenoxy) is 1. The van der Waals surface area contributed by atoms with Gasteiger partial charge in [0.05, 0.1) is 22.8 Å². The van der Waals surface area contributed by atoms with Crippen molar-refractivity contribution in [3.05, 3.63) is 25.0 Å². The molecule has 0 bridgehead atoms. The Kier molecular flexibility index (Phi) is 17.6. The summed E-state index contributed by atoms with van der Waals surface area (Å²) in [5.74, 6) is 1.48. The number of aliphatic carboxylic acids is 1. The average Bonchev–Trinajstić information content (AvgIpc) is 3.57. The number of hydrogen-bond donors (Lipinski definition) is 3. The summed E-state index contributed by atoms with van der Waals surface area (Å²) in [7, 11) is -2.94. The highest BCUT2D eigenvalue weighted by Crippen LogP contribution is 2.76. The molecular weight excluding hydrogens is 785 g/mol. The zero-order valence-electron chi connectivity index (χ0n) is 41.5. The quantitative estimate of drug-likeness (QED) is 0.118. The van der Waals surface area contributed by atoms with E-state index >= 15 is 0 Å². The van der Waals surface area contributed by atoms with Crippen LogP contribution in [0.4, 0.5) is 0 Å². The van der Waals surface area contributed by atoms with Crippen molar-refractivity contribution in [3.63, 3.8) is 0 Å². The van der Waals surface area contributed by atoms with Gasteiger partial charge in [-0.15, -0.1) is 6.58 Å². The molecule has 9 nitrogen and oxygen atoms in total. The highest BCUT2D eigenvalue weighted by Gasteiger charge is 2.70. The SMILES string of the molecule is C=C(O)C(C)(C)C.C=CC.CC.CC(C)(CC(=O)O)C(=O)OC1CCC2(C)C(CCC3(C)C2CCC2[C@H]4CCCC4(NCCN4CCC(S(C)(=O)=O)CC4)CC[C@]23C)C1(C)C. The zero-order valence-corrected chi connectivity index (χ0v) is 42.3. The first-order valence-corrected chi connectivity index (χ1v) is 26.1. The third kappa shape index (κ3) is 11.1. The first-order valence-electron chi connectivity index (χ1n) is 24.1. The Balaban J connectivity index is 0.000000734. The Morgan fingerprint density at radius 2 is 1.39 bits per heavy atom. The van der Waals surface area contributed by atoms with Crippen molar-refractivity contribution in [3.8, 4) is 0 Å². The number of hydrogen-bond acceptors (Lipinski definition) is 8. The average molecular weight is 877 g/mol. The van der Waals surface area contributed by atoms with Gasteiger partial charge in [-0.3, -0.25) is 9.59 Å². The minimum absolute atomic E-state index is 0.139. The second-order valence-electron chi connectivity index (χ2n) is 22.9. The maximum Gasteiger partial charge on any atom is 0.312 e. The molecule has 3 N–H and O–H groups in total. The fraction of sp³-hybridized carbons (Fsp3) is 0.882. The van der Waals surface area contributed by atoms with E-state index in [2.05, 4.69) is 58.0 Å². The largest absolute Gasteiger partial charge is 0.512 e. The maximum absolute atomic E-state index is 13.3. The van der Waals surface area contributed by atoms with Crippen LogP contribution in [0.5, 0.6) is 0 Å². The van der Waals surface area contributed by atoms with Crippen molar-refractivity contribution in [2.45, 2.75) is 197 Å². The van der Waals surface area contributed by atoms with Gasteiger partial charge in [-0.05, 0) is 151 Å². The summed E-state index contributed by atoms with van der Waals surface area (Å²) in [5, 5.41) is 22.1. The fourth-order valence-corrected chi connectivity index (χ4v) is 14.9. The minimum atomic E-state index is -2.94. The first kappa shape index (κ1) is 53.4. The molecule has 6 aliphatic rings. The summed E-state index contributed by atoms with van der Waals surface area (Å²) < 4.78 is 30.3. The summed E-state index contributed by atoms with van der Waals surface area (Å²) in [6.07, 6.45) is 17.7. The van der Waals surface area contributed by atoms with Crippen molar-refractivity contribution in [1.82, 2.24) is 10.2 Å². The second-order valence-corrected chi connectivity index (χ2v) is 25.3. The van der Waals surface area contributed by atoms with Crippen LogP contribution in [0.15, 0.2) is 25.0 Å². The maximum atomic E-state index is 13.3. The smallest absolute Gasteiger partial charge is 0.312 e. The second kappa shape index (κ2) is 20.1. The summed E-state index contributed by atoms with van der Waals surface area (Å²) in [6.45, 7) is 38.1. The summed E-state index contributed by atoms with van der Waals surface area (Å²) in [6, 6.07) is 0. The molecule has 0 aromatic carbocycles. The van der Waals surface area contributed by atoms with Crippen LogP contribution in [0, 0.1) is 56.2 Å². The predicted molar refractivity (Wildman–Crippen MR) is 252 cm³/mol. The van der Waals surface area contributed by atoms with Crippen LogP contribution in [0.3, 0.4) is 0 Å². The van der Waals surface area contributed by atoms with E-state index in [1.807, 2.05) is 41.5 Å². The number of carbonyl (C=O) groups excluding carboxylic acids is 1. The van der Waals surface area contributed by atoms with Gasteiger partial charge in [0.2, 0.25) is 0 Å². The van der Waals surface area contributed by atoms with Gasteiger partial charge in [0.1, 0.15) is 15.9 Å². The van der Waals surface area contributed by atoms with Gasteiger partial charge in [0, 0.05) is 35.7 Å². The molecule has 1 saturated heterocycles. The van der Waals surface area contributed by atoms with Gasteiger partial charge < -0.3 is 25.2 Å². The van der Waals surface area contributed by atoms with Crippen LogP contribution in [-0.2, 0) is 24.2 Å². The number of nitrogens with zero attached hydrogens (tertiary/aromatic N) is 1. The molecule has 0 amide bonds. The number of nitrogens with one attached hydrogen (secondary N) is 1. The highest BCUT2D eigenvalue weighted by atomic mass is 32.2. The molecule has 0 spiro atoms. The van der Waals surface area contributed by atoms with Crippen LogP contribution in [0.25, 0.3) is 0 Å². The van der Waals surface area contributed by atoms with E-state index in [1.165, 1.54) is 57.6 Å². The Labute approximate surface area is 374 Å². The Hall–Kier alpha value is -1.91. The van der Waals surface area contributed by atoms with Crippen molar-refractivity contribution in [2.24, 2.45) is 56.2 Å². The first-order chi connectivity index (χ1) is 28.1. The number of sulfone groups is 1. The molecule has 6 rings (SSSR count). The van der Waals surface area contributed by atoms with E-state index in [0.29, 0.717) is 17.3 Å². The van der Waals surface area contributed by atoms with E-state index in [4.69, 9.17) is 9.84 Å². The van der Waals surface area contributed by atoms with Gasteiger partial charge in [-0.25, -0.2) is 8.42 Å².